The van der Waals surface area contributed by atoms with Crippen LogP contribution in [0.2, 0.25) is 0 Å². The summed E-state index contributed by atoms with van der Waals surface area (Å²) in [4.78, 5) is 61.2. The molecule has 71 heavy (non-hydrogen) atoms. The van der Waals surface area contributed by atoms with E-state index in [1.54, 1.807) is 0 Å². The molecular weight excluding hydrogens is 904 g/mol. The summed E-state index contributed by atoms with van der Waals surface area (Å²) in [6, 6.07) is 60.6. The van der Waals surface area contributed by atoms with Crippen LogP contribution in [0.15, 0.2) is 182 Å². The molecule has 2 spiro atoms. The van der Waals surface area contributed by atoms with E-state index in [1.165, 1.54) is 11.1 Å². The predicted octanol–water partition coefficient (Wildman–Crippen LogP) is 8.78. The first-order valence-corrected chi connectivity index (χ1v) is 25.2. The number of piperidine rings is 2. The van der Waals surface area contributed by atoms with Gasteiger partial charge in [-0.25, -0.2) is 0 Å². The number of amides is 4. The van der Waals surface area contributed by atoms with Crippen LogP contribution in [-0.4, -0.2) is 92.8 Å². The summed E-state index contributed by atoms with van der Waals surface area (Å²) in [5, 5.41) is 7.46. The fourth-order valence-electron chi connectivity index (χ4n) is 10.9. The molecule has 0 aromatic heterocycles. The molecule has 0 radical (unpaired) electrons. The van der Waals surface area contributed by atoms with Crippen LogP contribution in [0, 0.1) is 0 Å². The van der Waals surface area contributed by atoms with Crippen molar-refractivity contribution >= 4 is 36.0 Å². The van der Waals surface area contributed by atoms with E-state index in [-0.39, 0.29) is 48.1 Å². The van der Waals surface area contributed by atoms with Crippen molar-refractivity contribution in [2.24, 2.45) is 0 Å². The van der Waals surface area contributed by atoms with Crippen molar-refractivity contribution in [1.82, 2.24) is 30.2 Å². The number of hydrogen-bond donors (Lipinski definition) is 2. The van der Waals surface area contributed by atoms with E-state index in [9.17, 15) is 19.2 Å². The highest BCUT2D eigenvalue weighted by Crippen LogP contribution is 2.37. The third-order valence-electron chi connectivity index (χ3n) is 14.8. The Kier molecular flexibility index (Phi) is 17.2. The molecule has 10 rings (SSSR count). The molecule has 4 heterocycles. The maximum absolute atomic E-state index is 13.6. The third-order valence-corrected chi connectivity index (χ3v) is 14.8. The van der Waals surface area contributed by atoms with Gasteiger partial charge in [0.2, 0.25) is 23.6 Å². The van der Waals surface area contributed by atoms with Crippen molar-refractivity contribution in [3.8, 4) is 0 Å². The van der Waals surface area contributed by atoms with Crippen molar-refractivity contribution in [1.29, 1.82) is 0 Å². The fraction of sp³-hybridized carbons (Fsp3) is 0.333. The fourth-order valence-corrected chi connectivity index (χ4v) is 10.9. The molecule has 2 N–H and O–H groups in total. The third kappa shape index (κ3) is 12.7. The Hall–Kier alpha value is -6.59. The number of carbonyl (C=O) groups is 4. The zero-order chi connectivity index (χ0) is 48.2. The Morgan fingerprint density at radius 3 is 0.972 bits per heavy atom. The maximum atomic E-state index is 13.6. The molecule has 6 aromatic carbocycles. The molecule has 4 fully saturated rings. The van der Waals surface area contributed by atoms with Crippen LogP contribution in [0.25, 0.3) is 0 Å². The lowest BCUT2D eigenvalue weighted by molar-refractivity contribution is -0.139. The first-order chi connectivity index (χ1) is 34.3. The van der Waals surface area contributed by atoms with Crippen LogP contribution in [0.3, 0.4) is 0 Å². The molecule has 0 aliphatic carbocycles. The average Bonchev–Trinajstić information content (AvgIpc) is 3.79. The monoisotopic (exact) mass is 970 g/mol. The van der Waals surface area contributed by atoms with Gasteiger partial charge in [-0.05, 0) is 59.1 Å². The molecule has 368 valence electrons. The summed E-state index contributed by atoms with van der Waals surface area (Å²) in [6.45, 7) is 3.82. The molecule has 0 bridgehead atoms. The molecule has 6 aromatic rings. The molecule has 4 amide bonds. The van der Waals surface area contributed by atoms with Crippen molar-refractivity contribution in [2.45, 2.75) is 101 Å². The quantitative estimate of drug-likeness (QED) is 0.113. The van der Waals surface area contributed by atoms with Gasteiger partial charge in [-0.3, -0.25) is 29.8 Å². The van der Waals surface area contributed by atoms with E-state index in [0.717, 1.165) is 60.8 Å². The highest BCUT2D eigenvalue weighted by atomic mass is 35.5. The molecule has 11 heteroatoms. The number of nitrogens with one attached hydrogen (secondary N) is 2. The second kappa shape index (κ2) is 24.0. The number of likely N-dealkylation sites (tertiary alicyclic amines) is 2. The molecule has 2 atom stereocenters. The van der Waals surface area contributed by atoms with Crippen molar-refractivity contribution in [3.63, 3.8) is 0 Å². The lowest BCUT2D eigenvalue weighted by Crippen LogP contribution is -2.59. The number of nitrogens with zero attached hydrogens (tertiary/aromatic N) is 4. The van der Waals surface area contributed by atoms with Gasteiger partial charge in [0.05, 0.1) is 23.4 Å². The number of carbonyl (C=O) groups excluding carboxylic acids is 4. The van der Waals surface area contributed by atoms with E-state index in [0.29, 0.717) is 65.0 Å². The number of benzene rings is 6. The zero-order valence-electron chi connectivity index (χ0n) is 40.6. The van der Waals surface area contributed by atoms with Crippen molar-refractivity contribution < 1.29 is 19.2 Å². The largest absolute Gasteiger partial charge is 0.342 e. The average molecular weight is 972 g/mol. The minimum atomic E-state index is -0.414. The molecule has 10 nitrogen and oxygen atoms in total. The van der Waals surface area contributed by atoms with Crippen LogP contribution < -0.4 is 10.6 Å². The topological polar surface area (TPSA) is 105 Å². The SMILES string of the molecule is Cl.O=C(CCc1ccccc1)N1CCC2(CC1)N[C@@H](Cc1ccccc1)C(=O)N2Cc1ccccc1.O=C(CCc1ccccc1)N1CCC2(CC1)N[C@@H](Cc1ccccc1)C(=O)N2Cc1ccccc1. The van der Waals surface area contributed by atoms with Gasteiger partial charge < -0.3 is 19.6 Å². The van der Waals surface area contributed by atoms with Crippen LogP contribution in [0.1, 0.15) is 71.9 Å². The van der Waals surface area contributed by atoms with E-state index in [2.05, 4.69) is 83.4 Å². The minimum Gasteiger partial charge on any atom is -0.342 e. The summed E-state index contributed by atoms with van der Waals surface area (Å²) in [6.07, 6.45) is 6.89. The van der Waals surface area contributed by atoms with Crippen LogP contribution in [0.4, 0.5) is 0 Å². The van der Waals surface area contributed by atoms with Crippen molar-refractivity contribution in [3.05, 3.63) is 215 Å². The van der Waals surface area contributed by atoms with E-state index in [4.69, 9.17) is 0 Å². The number of rotatable bonds is 14. The van der Waals surface area contributed by atoms with Crippen LogP contribution in [-0.2, 0) is 58.0 Å². The summed E-state index contributed by atoms with van der Waals surface area (Å²) in [7, 11) is 0. The number of halogens is 1. The van der Waals surface area contributed by atoms with E-state index >= 15 is 0 Å². The molecule has 4 aliphatic heterocycles. The van der Waals surface area contributed by atoms with Gasteiger partial charge in [0, 0.05) is 77.8 Å². The second-order valence-electron chi connectivity index (χ2n) is 19.4. The first kappa shape index (κ1) is 50.8. The van der Waals surface area contributed by atoms with Crippen LogP contribution in [0.5, 0.6) is 0 Å². The standard InChI is InChI=1S/2C30H33N3O2.ClH/c2*34-28(17-16-24-10-4-1-5-11-24)32-20-18-30(19-21-32)31-27(22-25-12-6-2-7-13-25)29(35)33(30)23-26-14-8-3-9-15-26;/h2*1-15,27,31H,16-23H2;1H/t2*27-;/m00./s1. The van der Waals surface area contributed by atoms with Gasteiger partial charge in [0.25, 0.3) is 0 Å². The van der Waals surface area contributed by atoms with Gasteiger partial charge in [-0.15, -0.1) is 12.4 Å². The van der Waals surface area contributed by atoms with E-state index in [1.807, 2.05) is 129 Å². The Balaban J connectivity index is 0.000000188. The van der Waals surface area contributed by atoms with E-state index < -0.39 is 11.3 Å². The molecule has 4 saturated heterocycles. The Labute approximate surface area is 425 Å². The van der Waals surface area contributed by atoms with Gasteiger partial charge in [0.15, 0.2) is 0 Å². The van der Waals surface area contributed by atoms with Gasteiger partial charge in [-0.1, -0.05) is 182 Å². The predicted molar refractivity (Wildman–Crippen MR) is 282 cm³/mol. The molecule has 0 unspecified atom stereocenters. The highest BCUT2D eigenvalue weighted by molar-refractivity contribution is 5.87. The number of aryl methyl sites for hydroxylation is 2. The minimum absolute atomic E-state index is 0. The number of hydrogen-bond acceptors (Lipinski definition) is 6. The highest BCUT2D eigenvalue weighted by Gasteiger charge is 2.53. The molecule has 0 saturated carbocycles. The summed E-state index contributed by atoms with van der Waals surface area (Å²) in [5.74, 6) is 0.704. The first-order valence-electron chi connectivity index (χ1n) is 25.2. The zero-order valence-corrected chi connectivity index (χ0v) is 41.4. The van der Waals surface area contributed by atoms with Crippen molar-refractivity contribution in [2.75, 3.05) is 26.2 Å². The lowest BCUT2D eigenvalue weighted by atomic mass is 9.94. The normalized spacial score (nSPS) is 19.0. The van der Waals surface area contributed by atoms with Gasteiger partial charge >= 0.3 is 0 Å². The smallest absolute Gasteiger partial charge is 0.241 e. The van der Waals surface area contributed by atoms with Crippen LogP contribution >= 0.6 is 12.4 Å². The Bertz CT molecular complexity index is 2440. The molecule has 4 aliphatic rings. The summed E-state index contributed by atoms with van der Waals surface area (Å²) >= 11 is 0. The Morgan fingerprint density at radius 1 is 0.408 bits per heavy atom. The van der Waals surface area contributed by atoms with Gasteiger partial charge in [0.1, 0.15) is 0 Å². The summed E-state index contributed by atoms with van der Waals surface area (Å²) < 4.78 is 0. The van der Waals surface area contributed by atoms with Gasteiger partial charge in [-0.2, -0.15) is 0 Å². The Morgan fingerprint density at radius 2 is 0.676 bits per heavy atom. The second-order valence-corrected chi connectivity index (χ2v) is 19.4. The summed E-state index contributed by atoms with van der Waals surface area (Å²) in [5.41, 5.74) is 6.12. The molecular formula is C60H67ClN6O4. The maximum Gasteiger partial charge on any atom is 0.241 e. The lowest BCUT2D eigenvalue weighted by Gasteiger charge is -2.44.